The summed E-state index contributed by atoms with van der Waals surface area (Å²) in [5.74, 6) is -1.40. The third-order valence-electron chi connectivity index (χ3n) is 2.74. The maximum atomic E-state index is 11.9. The second-order valence-corrected chi connectivity index (χ2v) is 5.17. The minimum absolute atomic E-state index is 0.219. The van der Waals surface area contributed by atoms with Crippen molar-refractivity contribution in [2.75, 3.05) is 0 Å². The van der Waals surface area contributed by atoms with Crippen LogP contribution in [0.15, 0.2) is 24.3 Å². The SMILES string of the molecule is CC(Oc1ccccc1Cl)C(=O)N[C@@H](C(=O)O)C(C)C. The molecule has 0 aliphatic carbocycles. The zero-order valence-electron chi connectivity index (χ0n) is 11.6. The van der Waals surface area contributed by atoms with E-state index in [-0.39, 0.29) is 5.92 Å². The van der Waals surface area contributed by atoms with Gasteiger partial charge in [0.2, 0.25) is 0 Å². The van der Waals surface area contributed by atoms with E-state index in [1.54, 1.807) is 38.1 Å². The predicted molar refractivity (Wildman–Crippen MR) is 75.9 cm³/mol. The van der Waals surface area contributed by atoms with Crippen molar-refractivity contribution in [2.45, 2.75) is 32.9 Å². The van der Waals surface area contributed by atoms with Crippen LogP contribution in [0.3, 0.4) is 0 Å². The summed E-state index contributed by atoms with van der Waals surface area (Å²) in [6.45, 7) is 4.98. The number of nitrogens with one attached hydrogen (secondary N) is 1. The van der Waals surface area contributed by atoms with Crippen LogP contribution in [0.5, 0.6) is 5.75 Å². The molecule has 110 valence electrons. The number of hydrogen-bond acceptors (Lipinski definition) is 3. The molecule has 0 radical (unpaired) electrons. The molecule has 0 bridgehead atoms. The van der Waals surface area contributed by atoms with E-state index in [9.17, 15) is 9.59 Å². The lowest BCUT2D eigenvalue weighted by atomic mass is 10.0. The van der Waals surface area contributed by atoms with Gasteiger partial charge in [-0.15, -0.1) is 0 Å². The van der Waals surface area contributed by atoms with Crippen LogP contribution < -0.4 is 10.1 Å². The monoisotopic (exact) mass is 299 g/mol. The van der Waals surface area contributed by atoms with Crippen molar-refractivity contribution >= 4 is 23.5 Å². The van der Waals surface area contributed by atoms with Crippen LogP contribution in [0.25, 0.3) is 0 Å². The summed E-state index contributed by atoms with van der Waals surface area (Å²) in [4.78, 5) is 23.0. The Morgan fingerprint density at radius 3 is 2.35 bits per heavy atom. The normalized spacial score (nSPS) is 13.7. The maximum absolute atomic E-state index is 11.9. The summed E-state index contributed by atoms with van der Waals surface area (Å²) in [5.41, 5.74) is 0. The average Bonchev–Trinajstić information content (AvgIpc) is 2.37. The lowest BCUT2D eigenvalue weighted by Gasteiger charge is -2.21. The summed E-state index contributed by atoms with van der Waals surface area (Å²) < 4.78 is 5.43. The van der Waals surface area contributed by atoms with E-state index in [1.807, 2.05) is 0 Å². The van der Waals surface area contributed by atoms with E-state index >= 15 is 0 Å². The summed E-state index contributed by atoms with van der Waals surface area (Å²) >= 11 is 5.93. The standard InChI is InChI=1S/C14H18ClNO4/c1-8(2)12(14(18)19)16-13(17)9(3)20-11-7-5-4-6-10(11)15/h4-9,12H,1-3H3,(H,16,17)(H,18,19)/t9?,12-/m1/s1. The predicted octanol–water partition coefficient (Wildman–Crippen LogP) is 2.33. The number of halogens is 1. The summed E-state index contributed by atoms with van der Waals surface area (Å²) in [6, 6.07) is 5.83. The Balaban J connectivity index is 2.68. The lowest BCUT2D eigenvalue weighted by molar-refractivity contribution is -0.144. The molecule has 1 amide bonds. The number of carboxylic acid groups (broad SMARTS) is 1. The molecule has 0 saturated heterocycles. The molecule has 2 N–H and O–H groups in total. The van der Waals surface area contributed by atoms with Crippen LogP contribution in [0, 0.1) is 5.92 Å². The summed E-state index contributed by atoms with van der Waals surface area (Å²) in [7, 11) is 0. The van der Waals surface area contributed by atoms with Crippen LogP contribution in [-0.2, 0) is 9.59 Å². The van der Waals surface area contributed by atoms with Crippen molar-refractivity contribution in [1.82, 2.24) is 5.32 Å². The van der Waals surface area contributed by atoms with Crippen LogP contribution in [0.2, 0.25) is 5.02 Å². The van der Waals surface area contributed by atoms with Gasteiger partial charge in [0.15, 0.2) is 6.10 Å². The van der Waals surface area contributed by atoms with E-state index in [1.165, 1.54) is 6.92 Å². The molecular formula is C14H18ClNO4. The van der Waals surface area contributed by atoms with Crippen LogP contribution in [-0.4, -0.2) is 29.1 Å². The fourth-order valence-corrected chi connectivity index (χ4v) is 1.75. The maximum Gasteiger partial charge on any atom is 0.326 e. The highest BCUT2D eigenvalue weighted by atomic mass is 35.5. The van der Waals surface area contributed by atoms with Crippen molar-refractivity contribution in [3.8, 4) is 5.75 Å². The number of benzene rings is 1. The van der Waals surface area contributed by atoms with E-state index in [2.05, 4.69) is 5.32 Å². The number of carboxylic acids is 1. The highest BCUT2D eigenvalue weighted by Crippen LogP contribution is 2.24. The van der Waals surface area contributed by atoms with E-state index in [0.29, 0.717) is 10.8 Å². The number of rotatable bonds is 6. The van der Waals surface area contributed by atoms with Crippen LogP contribution in [0.4, 0.5) is 0 Å². The Morgan fingerprint density at radius 1 is 1.25 bits per heavy atom. The molecule has 20 heavy (non-hydrogen) atoms. The van der Waals surface area contributed by atoms with Crippen molar-refractivity contribution in [1.29, 1.82) is 0 Å². The first-order chi connectivity index (χ1) is 9.32. The number of ether oxygens (including phenoxy) is 1. The Hall–Kier alpha value is -1.75. The molecule has 0 spiro atoms. The van der Waals surface area contributed by atoms with Gasteiger partial charge in [-0.05, 0) is 25.0 Å². The van der Waals surface area contributed by atoms with E-state index in [0.717, 1.165) is 0 Å². The summed E-state index contributed by atoms with van der Waals surface area (Å²) in [5, 5.41) is 11.9. The van der Waals surface area contributed by atoms with Gasteiger partial charge < -0.3 is 15.2 Å². The quantitative estimate of drug-likeness (QED) is 0.845. The fourth-order valence-electron chi connectivity index (χ4n) is 1.57. The lowest BCUT2D eigenvalue weighted by Crippen LogP contribution is -2.48. The Kier molecular flexibility index (Phi) is 5.82. The van der Waals surface area contributed by atoms with Gasteiger partial charge in [-0.1, -0.05) is 37.6 Å². The smallest absolute Gasteiger partial charge is 0.326 e. The molecule has 1 rings (SSSR count). The number of carbonyl (C=O) groups excluding carboxylic acids is 1. The van der Waals surface area contributed by atoms with Crippen molar-refractivity contribution in [3.63, 3.8) is 0 Å². The molecule has 1 aromatic carbocycles. The third kappa shape index (κ3) is 4.42. The summed E-state index contributed by atoms with van der Waals surface area (Å²) in [6.07, 6.45) is -0.838. The first-order valence-corrected chi connectivity index (χ1v) is 6.65. The van der Waals surface area contributed by atoms with Gasteiger partial charge in [0, 0.05) is 0 Å². The third-order valence-corrected chi connectivity index (χ3v) is 3.05. The molecule has 0 aliphatic heterocycles. The zero-order valence-corrected chi connectivity index (χ0v) is 12.3. The highest BCUT2D eigenvalue weighted by Gasteiger charge is 2.26. The largest absolute Gasteiger partial charge is 0.480 e. The van der Waals surface area contributed by atoms with E-state index < -0.39 is 24.0 Å². The van der Waals surface area contributed by atoms with Crippen molar-refractivity contribution in [3.05, 3.63) is 29.3 Å². The number of amides is 1. The number of carbonyl (C=O) groups is 2. The minimum atomic E-state index is -1.07. The Morgan fingerprint density at radius 2 is 1.85 bits per heavy atom. The van der Waals surface area contributed by atoms with Gasteiger partial charge in [-0.25, -0.2) is 4.79 Å². The van der Waals surface area contributed by atoms with Gasteiger partial charge >= 0.3 is 5.97 Å². The van der Waals surface area contributed by atoms with E-state index in [4.69, 9.17) is 21.4 Å². The molecule has 0 aromatic heterocycles. The number of para-hydroxylation sites is 1. The molecule has 0 heterocycles. The molecule has 6 heteroatoms. The van der Waals surface area contributed by atoms with Crippen LogP contribution >= 0.6 is 11.6 Å². The average molecular weight is 300 g/mol. The second-order valence-electron chi connectivity index (χ2n) is 4.76. The van der Waals surface area contributed by atoms with Crippen molar-refractivity contribution in [2.24, 2.45) is 5.92 Å². The second kappa shape index (κ2) is 7.14. The van der Waals surface area contributed by atoms with Gasteiger partial charge in [0.25, 0.3) is 5.91 Å². The molecule has 1 aromatic rings. The first-order valence-electron chi connectivity index (χ1n) is 6.27. The highest BCUT2D eigenvalue weighted by molar-refractivity contribution is 6.32. The van der Waals surface area contributed by atoms with Gasteiger partial charge in [-0.2, -0.15) is 0 Å². The molecule has 2 atom stereocenters. The Bertz CT molecular complexity index is 490. The molecular weight excluding hydrogens is 282 g/mol. The molecule has 0 fully saturated rings. The van der Waals surface area contributed by atoms with Gasteiger partial charge in [0.05, 0.1) is 5.02 Å². The molecule has 5 nitrogen and oxygen atoms in total. The minimum Gasteiger partial charge on any atom is -0.480 e. The van der Waals surface area contributed by atoms with Crippen molar-refractivity contribution < 1.29 is 19.4 Å². The molecule has 0 aliphatic rings. The molecule has 1 unspecified atom stereocenters. The zero-order chi connectivity index (χ0) is 15.3. The number of hydrogen-bond donors (Lipinski definition) is 2. The topological polar surface area (TPSA) is 75.6 Å². The fraction of sp³-hybridized carbons (Fsp3) is 0.429. The first kappa shape index (κ1) is 16.3. The van der Waals surface area contributed by atoms with Gasteiger partial charge in [-0.3, -0.25) is 4.79 Å². The number of aliphatic carboxylic acids is 1. The van der Waals surface area contributed by atoms with Crippen LogP contribution in [0.1, 0.15) is 20.8 Å². The molecule has 0 saturated carbocycles. The van der Waals surface area contributed by atoms with Gasteiger partial charge in [0.1, 0.15) is 11.8 Å². The Labute approximate surface area is 122 Å².